The lowest BCUT2D eigenvalue weighted by molar-refractivity contribution is 0.967. The van der Waals surface area contributed by atoms with Crippen LogP contribution in [0.3, 0.4) is 0 Å². The Balaban J connectivity index is 1.82. The van der Waals surface area contributed by atoms with Gasteiger partial charge in [0, 0.05) is 11.4 Å². The Hall–Kier alpha value is -1.49. The molecule has 2 aromatic rings. The van der Waals surface area contributed by atoms with E-state index in [1.165, 1.54) is 5.56 Å². The molecule has 0 aliphatic carbocycles. The number of nitrogens with zero attached hydrogens (tertiary/aromatic N) is 2. The molecule has 0 saturated heterocycles. The van der Waals surface area contributed by atoms with Crippen LogP contribution in [0.4, 0.5) is 5.69 Å². The molecule has 0 atom stereocenters. The van der Waals surface area contributed by atoms with Gasteiger partial charge >= 0.3 is 0 Å². The van der Waals surface area contributed by atoms with E-state index in [1.807, 2.05) is 19.1 Å². The molecule has 0 fully saturated rings. The monoisotopic (exact) mass is 234 g/mol. The maximum absolute atomic E-state index is 5.62. The van der Waals surface area contributed by atoms with Crippen LogP contribution < -0.4 is 5.73 Å². The van der Waals surface area contributed by atoms with E-state index >= 15 is 0 Å². The largest absolute Gasteiger partial charge is 0.399 e. The first kappa shape index (κ1) is 11.0. The number of thioether (sulfide) groups is 1. The van der Waals surface area contributed by atoms with Crippen LogP contribution in [-0.2, 0) is 6.42 Å². The fraction of sp³-hybridized carbons (Fsp3) is 0.273. The van der Waals surface area contributed by atoms with E-state index in [0.717, 1.165) is 28.8 Å². The Labute approximate surface area is 98.7 Å². The topological polar surface area (TPSA) is 67.6 Å². The van der Waals surface area contributed by atoms with Gasteiger partial charge in [-0.25, -0.2) is 4.98 Å². The first-order valence-corrected chi connectivity index (χ1v) is 6.09. The van der Waals surface area contributed by atoms with Gasteiger partial charge in [0.25, 0.3) is 0 Å². The number of aromatic amines is 1. The van der Waals surface area contributed by atoms with Crippen LogP contribution in [0.2, 0.25) is 0 Å². The second-order valence-electron chi connectivity index (χ2n) is 3.54. The van der Waals surface area contributed by atoms with Crippen LogP contribution in [0.1, 0.15) is 11.4 Å². The van der Waals surface area contributed by atoms with Gasteiger partial charge in [0.1, 0.15) is 5.82 Å². The fourth-order valence-electron chi connectivity index (χ4n) is 1.33. The summed E-state index contributed by atoms with van der Waals surface area (Å²) in [6.07, 6.45) is 0.999. The molecule has 1 aromatic heterocycles. The highest BCUT2D eigenvalue weighted by Crippen LogP contribution is 2.15. The second kappa shape index (κ2) is 5.03. The first-order valence-electron chi connectivity index (χ1n) is 5.10. The molecule has 84 valence electrons. The lowest BCUT2D eigenvalue weighted by atomic mass is 10.2. The van der Waals surface area contributed by atoms with E-state index in [9.17, 15) is 0 Å². The highest BCUT2D eigenvalue weighted by atomic mass is 32.2. The number of aryl methyl sites for hydroxylation is 2. The molecule has 0 aliphatic rings. The van der Waals surface area contributed by atoms with Crippen molar-refractivity contribution >= 4 is 17.4 Å². The average Bonchev–Trinajstić information content (AvgIpc) is 2.67. The molecule has 16 heavy (non-hydrogen) atoms. The van der Waals surface area contributed by atoms with Gasteiger partial charge in [-0.05, 0) is 31.0 Å². The number of aromatic nitrogens is 3. The highest BCUT2D eigenvalue weighted by molar-refractivity contribution is 7.99. The molecule has 1 heterocycles. The summed E-state index contributed by atoms with van der Waals surface area (Å²) in [6.45, 7) is 1.90. The van der Waals surface area contributed by atoms with Gasteiger partial charge in [-0.1, -0.05) is 23.9 Å². The summed E-state index contributed by atoms with van der Waals surface area (Å²) in [5.41, 5.74) is 7.71. The van der Waals surface area contributed by atoms with Crippen molar-refractivity contribution in [1.29, 1.82) is 0 Å². The number of benzene rings is 1. The van der Waals surface area contributed by atoms with E-state index in [2.05, 4.69) is 27.3 Å². The molecule has 0 bridgehead atoms. The van der Waals surface area contributed by atoms with Crippen LogP contribution >= 0.6 is 11.8 Å². The molecular formula is C11H14N4S. The third kappa shape index (κ3) is 3.00. The summed E-state index contributed by atoms with van der Waals surface area (Å²) in [5.74, 6) is 1.83. The zero-order valence-electron chi connectivity index (χ0n) is 9.10. The Morgan fingerprint density at radius 1 is 1.31 bits per heavy atom. The van der Waals surface area contributed by atoms with Crippen LogP contribution in [-0.4, -0.2) is 20.9 Å². The third-order valence-corrected chi connectivity index (χ3v) is 3.03. The molecule has 2 rings (SSSR count). The minimum atomic E-state index is 0.806. The van der Waals surface area contributed by atoms with Gasteiger partial charge in [0.05, 0.1) is 0 Å². The Morgan fingerprint density at radius 3 is 2.69 bits per heavy atom. The van der Waals surface area contributed by atoms with Gasteiger partial charge in [-0.3, -0.25) is 5.10 Å². The van der Waals surface area contributed by atoms with E-state index in [-0.39, 0.29) is 0 Å². The number of nitrogen functional groups attached to an aromatic ring is 1. The summed E-state index contributed by atoms with van der Waals surface area (Å²) < 4.78 is 0. The SMILES string of the molecule is Cc1nc(SCCc2ccc(N)cc2)n[nH]1. The Kier molecular flexibility index (Phi) is 3.46. The lowest BCUT2D eigenvalue weighted by Gasteiger charge is -2.00. The van der Waals surface area contributed by atoms with E-state index in [1.54, 1.807) is 11.8 Å². The van der Waals surface area contributed by atoms with Gasteiger partial charge in [0.15, 0.2) is 0 Å². The number of H-pyrrole nitrogens is 1. The van der Waals surface area contributed by atoms with E-state index < -0.39 is 0 Å². The number of nitrogens with one attached hydrogen (secondary N) is 1. The molecule has 3 N–H and O–H groups in total. The Bertz CT molecular complexity index is 449. The van der Waals surface area contributed by atoms with Crippen LogP contribution in [0, 0.1) is 6.92 Å². The molecule has 4 nitrogen and oxygen atoms in total. The summed E-state index contributed by atoms with van der Waals surface area (Å²) in [7, 11) is 0. The van der Waals surface area contributed by atoms with Gasteiger partial charge in [-0.15, -0.1) is 5.10 Å². The first-order chi connectivity index (χ1) is 7.74. The maximum atomic E-state index is 5.62. The summed E-state index contributed by atoms with van der Waals surface area (Å²) in [4.78, 5) is 4.23. The number of hydrogen-bond donors (Lipinski definition) is 2. The summed E-state index contributed by atoms with van der Waals surface area (Å²) >= 11 is 1.66. The van der Waals surface area contributed by atoms with Crippen molar-refractivity contribution in [2.24, 2.45) is 0 Å². The normalized spacial score (nSPS) is 10.6. The van der Waals surface area contributed by atoms with Crippen molar-refractivity contribution in [1.82, 2.24) is 15.2 Å². The molecular weight excluding hydrogens is 220 g/mol. The zero-order chi connectivity index (χ0) is 11.4. The molecule has 0 saturated carbocycles. The number of rotatable bonds is 4. The molecule has 5 heteroatoms. The second-order valence-corrected chi connectivity index (χ2v) is 4.61. The maximum Gasteiger partial charge on any atom is 0.208 e. The van der Waals surface area contributed by atoms with Crippen LogP contribution in [0.15, 0.2) is 29.4 Å². The molecule has 0 aliphatic heterocycles. The quantitative estimate of drug-likeness (QED) is 0.627. The molecule has 0 unspecified atom stereocenters. The molecule has 0 radical (unpaired) electrons. The van der Waals surface area contributed by atoms with Crippen molar-refractivity contribution in [2.75, 3.05) is 11.5 Å². The summed E-state index contributed by atoms with van der Waals surface area (Å²) in [5, 5.41) is 7.71. The fourth-order valence-corrected chi connectivity index (χ4v) is 2.16. The predicted octanol–water partition coefficient (Wildman–Crippen LogP) is 2.03. The molecule has 0 amide bonds. The van der Waals surface area contributed by atoms with E-state index in [0.29, 0.717) is 0 Å². The van der Waals surface area contributed by atoms with E-state index in [4.69, 9.17) is 5.73 Å². The van der Waals surface area contributed by atoms with Gasteiger partial charge < -0.3 is 5.73 Å². The van der Waals surface area contributed by atoms with Gasteiger partial charge in [-0.2, -0.15) is 0 Å². The average molecular weight is 234 g/mol. The van der Waals surface area contributed by atoms with Crippen molar-refractivity contribution in [3.63, 3.8) is 0 Å². The van der Waals surface area contributed by atoms with Crippen LogP contribution in [0.25, 0.3) is 0 Å². The standard InChI is InChI=1S/C11H14N4S/c1-8-13-11(15-14-8)16-7-6-9-2-4-10(12)5-3-9/h2-5H,6-7,12H2,1H3,(H,13,14,15). The van der Waals surface area contributed by atoms with Gasteiger partial charge in [0.2, 0.25) is 5.16 Å². The minimum absolute atomic E-state index is 0.806. The number of anilines is 1. The lowest BCUT2D eigenvalue weighted by Crippen LogP contribution is -1.90. The minimum Gasteiger partial charge on any atom is -0.399 e. The molecule has 0 spiro atoms. The predicted molar refractivity (Wildman–Crippen MR) is 66.4 cm³/mol. The summed E-state index contributed by atoms with van der Waals surface area (Å²) in [6, 6.07) is 7.96. The Morgan fingerprint density at radius 2 is 2.06 bits per heavy atom. The zero-order valence-corrected chi connectivity index (χ0v) is 9.92. The highest BCUT2D eigenvalue weighted by Gasteiger charge is 2.00. The van der Waals surface area contributed by atoms with Crippen molar-refractivity contribution in [2.45, 2.75) is 18.5 Å². The molecule has 1 aromatic carbocycles. The third-order valence-electron chi connectivity index (χ3n) is 2.18. The number of hydrogen-bond acceptors (Lipinski definition) is 4. The number of nitrogens with two attached hydrogens (primary N) is 1. The van der Waals surface area contributed by atoms with Crippen molar-refractivity contribution in [3.05, 3.63) is 35.7 Å². The van der Waals surface area contributed by atoms with Crippen molar-refractivity contribution in [3.8, 4) is 0 Å². The smallest absolute Gasteiger partial charge is 0.208 e. The van der Waals surface area contributed by atoms with Crippen LogP contribution in [0.5, 0.6) is 0 Å². The van der Waals surface area contributed by atoms with Crippen molar-refractivity contribution < 1.29 is 0 Å².